The minimum atomic E-state index is -0.386. The fraction of sp³-hybridized carbons (Fsp3) is 0.444. The normalized spacial score (nSPS) is 11.1. The number of esters is 2. The highest BCUT2D eigenvalue weighted by Crippen LogP contribution is 2.22. The molecule has 1 aromatic rings. The number of benzene rings is 1. The molecule has 1 rings (SSSR count). The Bertz CT molecular complexity index is 613. The van der Waals surface area contributed by atoms with Crippen molar-refractivity contribution in [3.63, 3.8) is 0 Å². The number of ether oxygens (including phenoxy) is 2. The van der Waals surface area contributed by atoms with Crippen LogP contribution in [-0.4, -0.2) is 18.0 Å². The number of hydrogen-bond acceptors (Lipinski definition) is 4. The summed E-state index contributed by atoms with van der Waals surface area (Å²) in [7, 11) is 0. The Morgan fingerprint density at radius 1 is 1.26 bits per heavy atom. The topological polar surface area (TPSA) is 52.6 Å². The van der Waals surface area contributed by atoms with Gasteiger partial charge in [0.05, 0.1) is 0 Å². The molecule has 1 atom stereocenters. The van der Waals surface area contributed by atoms with E-state index in [9.17, 15) is 9.59 Å². The van der Waals surface area contributed by atoms with Crippen LogP contribution in [0.5, 0.6) is 5.75 Å². The van der Waals surface area contributed by atoms with E-state index in [1.54, 1.807) is 25.1 Å². The van der Waals surface area contributed by atoms with Crippen LogP contribution >= 0.6 is 11.6 Å². The van der Waals surface area contributed by atoms with E-state index in [4.69, 9.17) is 21.1 Å². The Labute approximate surface area is 142 Å². The second-order valence-corrected chi connectivity index (χ2v) is 5.45. The lowest BCUT2D eigenvalue weighted by atomic mass is 10.2. The van der Waals surface area contributed by atoms with Crippen molar-refractivity contribution in [2.45, 2.75) is 52.6 Å². The highest BCUT2D eigenvalue weighted by Gasteiger charge is 2.12. The summed E-state index contributed by atoms with van der Waals surface area (Å²) >= 11 is 5.85. The smallest absolute Gasteiger partial charge is 0.311 e. The highest BCUT2D eigenvalue weighted by atomic mass is 35.5. The van der Waals surface area contributed by atoms with E-state index in [-0.39, 0.29) is 30.9 Å². The molecule has 0 spiro atoms. The van der Waals surface area contributed by atoms with Gasteiger partial charge >= 0.3 is 11.9 Å². The van der Waals surface area contributed by atoms with Crippen LogP contribution in [0.1, 0.15) is 45.1 Å². The zero-order valence-electron chi connectivity index (χ0n) is 13.6. The molecular weight excluding hydrogens is 316 g/mol. The van der Waals surface area contributed by atoms with Crippen LogP contribution in [0.15, 0.2) is 18.2 Å². The Morgan fingerprint density at radius 3 is 2.57 bits per heavy atom. The molecule has 1 aromatic carbocycles. The molecule has 0 saturated heterocycles. The first-order valence-corrected chi connectivity index (χ1v) is 7.92. The molecular formula is C18H21ClO4. The lowest BCUT2D eigenvalue weighted by Gasteiger charge is -2.10. The molecule has 5 heteroatoms. The van der Waals surface area contributed by atoms with Crippen LogP contribution in [0.3, 0.4) is 0 Å². The molecule has 4 nitrogen and oxygen atoms in total. The van der Waals surface area contributed by atoms with Crippen LogP contribution in [0.25, 0.3) is 0 Å². The third-order valence-corrected chi connectivity index (χ3v) is 3.31. The minimum absolute atomic E-state index is 0.146. The molecule has 0 heterocycles. The summed E-state index contributed by atoms with van der Waals surface area (Å²) in [4.78, 5) is 23.4. The maximum atomic E-state index is 11.8. The van der Waals surface area contributed by atoms with Gasteiger partial charge in [0.1, 0.15) is 5.75 Å². The third kappa shape index (κ3) is 7.21. The minimum Gasteiger partial charge on any atom is -0.449 e. The van der Waals surface area contributed by atoms with Gasteiger partial charge in [-0.25, -0.2) is 0 Å². The van der Waals surface area contributed by atoms with E-state index in [0.717, 1.165) is 5.56 Å². The monoisotopic (exact) mass is 336 g/mol. The largest absolute Gasteiger partial charge is 0.449 e. The van der Waals surface area contributed by atoms with Gasteiger partial charge < -0.3 is 9.47 Å². The summed E-state index contributed by atoms with van der Waals surface area (Å²) in [6, 6.07) is 5.04. The average molecular weight is 337 g/mol. The first kappa shape index (κ1) is 19.1. The highest BCUT2D eigenvalue weighted by molar-refractivity contribution is 6.30. The summed E-state index contributed by atoms with van der Waals surface area (Å²) in [6.45, 7) is 5.41. The van der Waals surface area contributed by atoms with Crippen molar-refractivity contribution in [1.29, 1.82) is 0 Å². The first-order chi connectivity index (χ1) is 11.0. The molecule has 0 amide bonds. The lowest BCUT2D eigenvalue weighted by Crippen LogP contribution is -2.16. The van der Waals surface area contributed by atoms with Gasteiger partial charge in [0.15, 0.2) is 6.10 Å². The number of rotatable bonds is 7. The summed E-state index contributed by atoms with van der Waals surface area (Å²) < 4.78 is 10.4. The van der Waals surface area contributed by atoms with Crippen LogP contribution in [0.2, 0.25) is 5.02 Å². The molecule has 0 aliphatic heterocycles. The Balaban J connectivity index is 2.35. The van der Waals surface area contributed by atoms with E-state index in [1.165, 1.54) is 0 Å². The lowest BCUT2D eigenvalue weighted by molar-refractivity contribution is -0.146. The number of hydrogen-bond donors (Lipinski definition) is 0. The van der Waals surface area contributed by atoms with Crippen molar-refractivity contribution in [3.8, 4) is 17.6 Å². The van der Waals surface area contributed by atoms with Crippen molar-refractivity contribution >= 4 is 23.5 Å². The van der Waals surface area contributed by atoms with Crippen molar-refractivity contribution in [2.75, 3.05) is 0 Å². The first-order valence-electron chi connectivity index (χ1n) is 7.54. The van der Waals surface area contributed by atoms with Crippen molar-refractivity contribution < 1.29 is 19.1 Å². The van der Waals surface area contributed by atoms with Gasteiger partial charge in [-0.2, -0.15) is 0 Å². The average Bonchev–Trinajstić information content (AvgIpc) is 2.49. The molecule has 0 radical (unpaired) electrons. The summed E-state index contributed by atoms with van der Waals surface area (Å²) in [5.74, 6) is 5.28. The number of carbonyl (C=O) groups is 2. The number of aryl methyl sites for hydroxylation is 1. The van der Waals surface area contributed by atoms with Crippen molar-refractivity contribution in [3.05, 3.63) is 28.8 Å². The van der Waals surface area contributed by atoms with Gasteiger partial charge in [-0.15, -0.1) is 5.92 Å². The molecule has 0 aliphatic carbocycles. The molecule has 124 valence electrons. The van der Waals surface area contributed by atoms with E-state index in [0.29, 0.717) is 23.6 Å². The number of halogens is 1. The fourth-order valence-corrected chi connectivity index (χ4v) is 2.10. The summed E-state index contributed by atoms with van der Waals surface area (Å²) in [5.41, 5.74) is 0.786. The Morgan fingerprint density at radius 2 is 1.96 bits per heavy atom. The molecule has 0 fully saturated rings. The second-order valence-electron chi connectivity index (χ2n) is 5.02. The Kier molecular flexibility index (Phi) is 8.21. The van der Waals surface area contributed by atoms with Crippen molar-refractivity contribution in [1.82, 2.24) is 0 Å². The van der Waals surface area contributed by atoms with E-state index in [2.05, 4.69) is 11.8 Å². The van der Waals surface area contributed by atoms with Gasteiger partial charge in [-0.1, -0.05) is 24.4 Å². The van der Waals surface area contributed by atoms with Gasteiger partial charge in [-0.05, 0) is 50.5 Å². The molecule has 0 aromatic heterocycles. The molecule has 0 bridgehead atoms. The summed E-state index contributed by atoms with van der Waals surface area (Å²) in [5, 5.41) is 0.589. The van der Waals surface area contributed by atoms with E-state index in [1.807, 2.05) is 13.8 Å². The predicted octanol–water partition coefficient (Wildman–Crippen LogP) is 4.07. The molecule has 1 unspecified atom stereocenters. The van der Waals surface area contributed by atoms with Crippen molar-refractivity contribution in [2.24, 2.45) is 0 Å². The maximum Gasteiger partial charge on any atom is 0.311 e. The predicted molar refractivity (Wildman–Crippen MR) is 89.3 cm³/mol. The van der Waals surface area contributed by atoms with Gasteiger partial charge in [0.25, 0.3) is 0 Å². The van der Waals surface area contributed by atoms with Crippen LogP contribution in [0, 0.1) is 18.8 Å². The summed E-state index contributed by atoms with van der Waals surface area (Å²) in [6.07, 6.45) is 0.950. The second kappa shape index (κ2) is 9.91. The zero-order chi connectivity index (χ0) is 17.2. The van der Waals surface area contributed by atoms with Crippen LogP contribution in [-0.2, 0) is 14.3 Å². The van der Waals surface area contributed by atoms with E-state index >= 15 is 0 Å². The third-order valence-electron chi connectivity index (χ3n) is 3.07. The Hall–Kier alpha value is -1.99. The molecule has 23 heavy (non-hydrogen) atoms. The van der Waals surface area contributed by atoms with Gasteiger partial charge in [0.2, 0.25) is 0 Å². The van der Waals surface area contributed by atoms with Gasteiger partial charge in [0, 0.05) is 17.9 Å². The van der Waals surface area contributed by atoms with Crippen LogP contribution in [0.4, 0.5) is 0 Å². The molecule has 0 saturated carbocycles. The van der Waals surface area contributed by atoms with Gasteiger partial charge in [-0.3, -0.25) is 9.59 Å². The SMILES string of the molecule is CC#CC(CC)OC(=O)CCCC(=O)Oc1ccc(Cl)cc1C. The maximum absolute atomic E-state index is 11.8. The van der Waals surface area contributed by atoms with E-state index < -0.39 is 0 Å². The molecule has 0 N–H and O–H groups in total. The number of carbonyl (C=O) groups excluding carboxylic acids is 2. The standard InChI is InChI=1S/C18H21ClO4/c1-4-7-15(5-2)22-17(20)8-6-9-18(21)23-16-11-10-14(19)12-13(16)3/h10-12,15H,5-6,8-9H2,1-3H3. The van der Waals surface area contributed by atoms with Crippen LogP contribution < -0.4 is 4.74 Å². The quantitative estimate of drug-likeness (QED) is 0.428. The zero-order valence-corrected chi connectivity index (χ0v) is 14.4. The molecule has 0 aliphatic rings. The fourth-order valence-electron chi connectivity index (χ4n) is 1.87.